The smallest absolute Gasteiger partial charge is 0.259 e. The van der Waals surface area contributed by atoms with Gasteiger partial charge in [0.1, 0.15) is 0 Å². The number of hydrogen-bond acceptors (Lipinski definition) is 6. The van der Waals surface area contributed by atoms with Gasteiger partial charge in [0.25, 0.3) is 5.56 Å². The number of benzene rings is 2. The quantitative estimate of drug-likeness (QED) is 0.366. The molecule has 1 atom stereocenters. The standard InChI is InChI=1S/C28H23F2N3O4/c1-35-23-13-24(36-2)27(30)25(26(23)29)20-11-18-14-32-21(17-5-3-16(4-6-17)7-9-31)12-22(18)33(28(20)34)19-8-10-37-15-19/h3-6,11-14,19H,7-8,10,15H2,1-2H3. The van der Waals surface area contributed by atoms with Crippen molar-refractivity contribution in [2.45, 2.75) is 18.9 Å². The van der Waals surface area contributed by atoms with Gasteiger partial charge in [0.2, 0.25) is 0 Å². The normalized spacial score (nSPS) is 15.1. The second-order valence-corrected chi connectivity index (χ2v) is 8.69. The molecule has 2 aromatic heterocycles. The Kier molecular flexibility index (Phi) is 6.59. The fraction of sp³-hybridized carbons (Fsp3) is 0.250. The predicted octanol–water partition coefficient (Wildman–Crippen LogP) is 5.05. The lowest BCUT2D eigenvalue weighted by Crippen LogP contribution is -2.27. The molecule has 5 rings (SSSR count). The summed E-state index contributed by atoms with van der Waals surface area (Å²) in [5.74, 6) is -2.46. The molecule has 1 fully saturated rings. The molecule has 0 saturated carbocycles. The van der Waals surface area contributed by atoms with E-state index in [1.54, 1.807) is 12.3 Å². The van der Waals surface area contributed by atoms with Crippen molar-refractivity contribution in [3.05, 3.63) is 76.2 Å². The number of hydrogen-bond donors (Lipinski definition) is 0. The molecule has 1 unspecified atom stereocenters. The van der Waals surface area contributed by atoms with E-state index in [9.17, 15) is 4.79 Å². The minimum Gasteiger partial charge on any atom is -0.494 e. The van der Waals surface area contributed by atoms with Crippen molar-refractivity contribution in [2.24, 2.45) is 0 Å². The largest absolute Gasteiger partial charge is 0.494 e. The SMILES string of the molecule is COc1cc(OC)c(F)c(-c2cc3cnc(-c4ccc(CC#N)cc4)cc3n(C3CCOC3)c2=O)c1F. The van der Waals surface area contributed by atoms with Crippen LogP contribution in [0.25, 0.3) is 33.3 Å². The van der Waals surface area contributed by atoms with E-state index < -0.39 is 22.8 Å². The van der Waals surface area contributed by atoms with Crippen LogP contribution in [-0.4, -0.2) is 37.0 Å². The van der Waals surface area contributed by atoms with Crippen molar-refractivity contribution in [3.8, 4) is 40.0 Å². The Morgan fingerprint density at radius 1 is 1.11 bits per heavy atom. The van der Waals surface area contributed by atoms with Gasteiger partial charge >= 0.3 is 0 Å². The van der Waals surface area contributed by atoms with E-state index in [0.29, 0.717) is 42.7 Å². The molecular weight excluding hydrogens is 480 g/mol. The summed E-state index contributed by atoms with van der Waals surface area (Å²) in [7, 11) is 2.51. The van der Waals surface area contributed by atoms with E-state index in [4.69, 9.17) is 19.5 Å². The van der Waals surface area contributed by atoms with E-state index in [-0.39, 0.29) is 23.1 Å². The molecular formula is C28H23F2N3O4. The fourth-order valence-corrected chi connectivity index (χ4v) is 4.66. The summed E-state index contributed by atoms with van der Waals surface area (Å²) in [6.07, 6.45) is 2.46. The summed E-state index contributed by atoms with van der Waals surface area (Å²) in [5.41, 5.74) is 1.65. The lowest BCUT2D eigenvalue weighted by Gasteiger charge is -2.19. The number of pyridine rings is 2. The van der Waals surface area contributed by atoms with Crippen LogP contribution in [-0.2, 0) is 11.2 Å². The van der Waals surface area contributed by atoms with Gasteiger partial charge < -0.3 is 18.8 Å². The zero-order chi connectivity index (χ0) is 26.1. The van der Waals surface area contributed by atoms with Gasteiger partial charge in [-0.25, -0.2) is 8.78 Å². The second-order valence-electron chi connectivity index (χ2n) is 8.69. The Hall–Kier alpha value is -4.29. The van der Waals surface area contributed by atoms with Crippen LogP contribution in [0.4, 0.5) is 8.78 Å². The van der Waals surface area contributed by atoms with Crippen molar-refractivity contribution < 1.29 is 23.0 Å². The van der Waals surface area contributed by atoms with Gasteiger partial charge in [0.05, 0.1) is 61.7 Å². The highest BCUT2D eigenvalue weighted by Gasteiger charge is 2.28. The molecule has 0 spiro atoms. The van der Waals surface area contributed by atoms with Crippen LogP contribution in [0.2, 0.25) is 0 Å². The first kappa shape index (κ1) is 24.4. The Labute approximate surface area is 211 Å². The summed E-state index contributed by atoms with van der Waals surface area (Å²) >= 11 is 0. The number of ether oxygens (including phenoxy) is 3. The molecule has 9 heteroatoms. The van der Waals surface area contributed by atoms with Crippen LogP contribution < -0.4 is 15.0 Å². The first-order valence-corrected chi connectivity index (χ1v) is 11.7. The number of halogens is 2. The monoisotopic (exact) mass is 503 g/mol. The van der Waals surface area contributed by atoms with Crippen LogP contribution in [0.1, 0.15) is 18.0 Å². The molecule has 0 radical (unpaired) electrons. The minimum atomic E-state index is -0.992. The van der Waals surface area contributed by atoms with Gasteiger partial charge in [-0.05, 0) is 24.1 Å². The molecule has 4 aromatic rings. The van der Waals surface area contributed by atoms with Gasteiger partial charge in [-0.2, -0.15) is 5.26 Å². The number of nitrogens with zero attached hydrogens (tertiary/aromatic N) is 3. The summed E-state index contributed by atoms with van der Waals surface area (Å²) in [5, 5.41) is 9.45. The molecule has 0 bridgehead atoms. The van der Waals surface area contributed by atoms with Gasteiger partial charge in [-0.1, -0.05) is 24.3 Å². The molecule has 0 aliphatic carbocycles. The number of methoxy groups -OCH3 is 2. The van der Waals surface area contributed by atoms with Crippen molar-refractivity contribution in [1.82, 2.24) is 9.55 Å². The number of aromatic nitrogens is 2. The minimum absolute atomic E-state index is 0.165. The molecule has 37 heavy (non-hydrogen) atoms. The van der Waals surface area contributed by atoms with E-state index >= 15 is 8.78 Å². The van der Waals surface area contributed by atoms with Crippen molar-refractivity contribution in [2.75, 3.05) is 27.4 Å². The van der Waals surface area contributed by atoms with E-state index in [1.807, 2.05) is 24.3 Å². The number of rotatable bonds is 6. The number of fused-ring (bicyclic) bond motifs is 1. The lowest BCUT2D eigenvalue weighted by atomic mass is 10.0. The molecule has 1 aliphatic heterocycles. The lowest BCUT2D eigenvalue weighted by molar-refractivity contribution is 0.186. The topological polar surface area (TPSA) is 86.4 Å². The Morgan fingerprint density at radius 3 is 2.41 bits per heavy atom. The van der Waals surface area contributed by atoms with Gasteiger partial charge in [0.15, 0.2) is 23.1 Å². The van der Waals surface area contributed by atoms with Crippen LogP contribution in [0.15, 0.2) is 53.5 Å². The van der Waals surface area contributed by atoms with Gasteiger partial charge in [0, 0.05) is 29.8 Å². The van der Waals surface area contributed by atoms with Crippen molar-refractivity contribution in [3.63, 3.8) is 0 Å². The molecule has 7 nitrogen and oxygen atoms in total. The van der Waals surface area contributed by atoms with E-state index in [1.165, 1.54) is 24.9 Å². The maximum absolute atomic E-state index is 15.4. The zero-order valence-electron chi connectivity index (χ0n) is 20.3. The third-order valence-electron chi connectivity index (χ3n) is 6.57. The second kappa shape index (κ2) is 9.99. The van der Waals surface area contributed by atoms with Crippen LogP contribution in [0.3, 0.4) is 0 Å². The third kappa shape index (κ3) is 4.30. The highest BCUT2D eigenvalue weighted by atomic mass is 19.1. The first-order valence-electron chi connectivity index (χ1n) is 11.7. The van der Waals surface area contributed by atoms with E-state index in [2.05, 4.69) is 11.1 Å². The highest BCUT2D eigenvalue weighted by molar-refractivity contribution is 5.87. The summed E-state index contributed by atoms with van der Waals surface area (Å²) < 4.78 is 48.0. The van der Waals surface area contributed by atoms with Gasteiger partial charge in [-0.3, -0.25) is 9.78 Å². The molecule has 1 saturated heterocycles. The third-order valence-corrected chi connectivity index (χ3v) is 6.57. The summed E-state index contributed by atoms with van der Waals surface area (Å²) in [4.78, 5) is 18.4. The Bertz CT molecular complexity index is 1560. The van der Waals surface area contributed by atoms with Crippen LogP contribution in [0, 0.1) is 23.0 Å². The average Bonchev–Trinajstić information content (AvgIpc) is 3.44. The van der Waals surface area contributed by atoms with Crippen LogP contribution >= 0.6 is 0 Å². The molecule has 0 N–H and O–H groups in total. The van der Waals surface area contributed by atoms with Crippen LogP contribution in [0.5, 0.6) is 11.5 Å². The average molecular weight is 504 g/mol. The maximum Gasteiger partial charge on any atom is 0.259 e. The predicted molar refractivity (Wildman–Crippen MR) is 134 cm³/mol. The number of nitriles is 1. The molecule has 2 aromatic carbocycles. The summed E-state index contributed by atoms with van der Waals surface area (Å²) in [6, 6.07) is 13.6. The van der Waals surface area contributed by atoms with Crippen molar-refractivity contribution in [1.29, 1.82) is 5.26 Å². The van der Waals surface area contributed by atoms with E-state index in [0.717, 1.165) is 17.2 Å². The molecule has 3 heterocycles. The Morgan fingerprint density at radius 2 is 1.81 bits per heavy atom. The summed E-state index contributed by atoms with van der Waals surface area (Å²) in [6.45, 7) is 0.766. The Balaban J connectivity index is 1.76. The fourth-order valence-electron chi connectivity index (χ4n) is 4.66. The zero-order valence-corrected chi connectivity index (χ0v) is 20.3. The van der Waals surface area contributed by atoms with Crippen molar-refractivity contribution >= 4 is 10.9 Å². The maximum atomic E-state index is 15.4. The van der Waals surface area contributed by atoms with Gasteiger partial charge in [-0.15, -0.1) is 0 Å². The molecule has 0 amide bonds. The molecule has 1 aliphatic rings. The molecule has 188 valence electrons. The first-order chi connectivity index (χ1) is 18.0. The highest BCUT2D eigenvalue weighted by Crippen LogP contribution is 2.38.